The predicted octanol–water partition coefficient (Wildman–Crippen LogP) is 0.500. The quantitative estimate of drug-likeness (QED) is 0.696. The first-order valence-electron chi connectivity index (χ1n) is 2.20. The average molecular weight is 313 g/mol. The minimum Gasteiger partial charge on any atom is -0.296 e. The summed E-state index contributed by atoms with van der Waals surface area (Å²) in [4.78, 5) is 20.0. The van der Waals surface area contributed by atoms with Crippen LogP contribution in [0.15, 0.2) is 0 Å². The van der Waals surface area contributed by atoms with Gasteiger partial charge < -0.3 is 0 Å². The standard InChI is InChI=1S/C5H7FO2.Pt/c1-3(7)5(6)4(2)8;/h5H,1-2H3;. The van der Waals surface area contributed by atoms with Gasteiger partial charge in [-0.25, -0.2) is 4.39 Å². The number of hydrogen-bond donors (Lipinski definition) is 0. The maximum atomic E-state index is 11.9. The first-order valence-corrected chi connectivity index (χ1v) is 2.20. The van der Waals surface area contributed by atoms with E-state index >= 15 is 0 Å². The van der Waals surface area contributed by atoms with Crippen LogP contribution in [0.4, 0.5) is 4.39 Å². The molecule has 0 aliphatic heterocycles. The summed E-state index contributed by atoms with van der Waals surface area (Å²) in [6, 6.07) is 0. The van der Waals surface area contributed by atoms with E-state index < -0.39 is 17.7 Å². The molecule has 0 spiro atoms. The summed E-state index contributed by atoms with van der Waals surface area (Å²) < 4.78 is 11.9. The first-order chi connectivity index (χ1) is 3.55. The molecule has 56 valence electrons. The average Bonchev–Trinajstić information content (AvgIpc) is 1.64. The molecular formula is C5H7FO2Pt. The van der Waals surface area contributed by atoms with Gasteiger partial charge >= 0.3 is 0 Å². The predicted molar refractivity (Wildman–Crippen MR) is 26.3 cm³/mol. The molecule has 0 aliphatic carbocycles. The smallest absolute Gasteiger partial charge is 0.215 e. The van der Waals surface area contributed by atoms with Crippen LogP contribution in [0.3, 0.4) is 0 Å². The summed E-state index contributed by atoms with van der Waals surface area (Å²) in [6.07, 6.45) is -1.91. The molecule has 4 heteroatoms. The first kappa shape index (κ1) is 11.7. The van der Waals surface area contributed by atoms with Gasteiger partial charge in [-0.1, -0.05) is 0 Å². The van der Waals surface area contributed by atoms with Crippen molar-refractivity contribution in [2.75, 3.05) is 0 Å². The Morgan fingerprint density at radius 2 is 1.44 bits per heavy atom. The molecule has 0 unspecified atom stereocenters. The van der Waals surface area contributed by atoms with Crippen LogP contribution in [0.1, 0.15) is 13.8 Å². The van der Waals surface area contributed by atoms with E-state index in [0.29, 0.717) is 0 Å². The van der Waals surface area contributed by atoms with Crippen LogP contribution < -0.4 is 0 Å². The number of ketones is 2. The zero-order chi connectivity index (χ0) is 6.73. The van der Waals surface area contributed by atoms with E-state index in [1.807, 2.05) is 0 Å². The number of carbonyl (C=O) groups excluding carboxylic acids is 2. The van der Waals surface area contributed by atoms with Crippen molar-refractivity contribution in [1.82, 2.24) is 0 Å². The zero-order valence-electron chi connectivity index (χ0n) is 5.09. The van der Waals surface area contributed by atoms with Crippen molar-refractivity contribution in [2.24, 2.45) is 0 Å². The van der Waals surface area contributed by atoms with Gasteiger partial charge in [0.25, 0.3) is 0 Å². The molecule has 0 N–H and O–H groups in total. The third-order valence-electron chi connectivity index (χ3n) is 0.714. The van der Waals surface area contributed by atoms with Gasteiger partial charge in [-0.2, -0.15) is 0 Å². The van der Waals surface area contributed by atoms with Crippen LogP contribution in [0.25, 0.3) is 0 Å². The Kier molecular flexibility index (Phi) is 6.25. The minimum absolute atomic E-state index is 0. The van der Waals surface area contributed by atoms with Crippen molar-refractivity contribution < 1.29 is 35.0 Å². The molecule has 0 bridgehead atoms. The van der Waals surface area contributed by atoms with Crippen molar-refractivity contribution in [2.45, 2.75) is 20.0 Å². The van der Waals surface area contributed by atoms with Crippen molar-refractivity contribution in [1.29, 1.82) is 0 Å². The summed E-state index contributed by atoms with van der Waals surface area (Å²) >= 11 is 0. The summed E-state index contributed by atoms with van der Waals surface area (Å²) in [7, 11) is 0. The van der Waals surface area contributed by atoms with E-state index in [-0.39, 0.29) is 21.1 Å². The Hall–Kier alpha value is -0.0417. The van der Waals surface area contributed by atoms with Crippen LogP contribution in [0.5, 0.6) is 0 Å². The fourth-order valence-electron chi connectivity index (χ4n) is 0.286. The molecule has 0 aromatic rings. The largest absolute Gasteiger partial charge is 0.296 e. The Labute approximate surface area is 67.1 Å². The summed E-state index contributed by atoms with van der Waals surface area (Å²) in [6.45, 7) is 2.10. The van der Waals surface area contributed by atoms with E-state index in [4.69, 9.17) is 0 Å². The molecule has 0 rings (SSSR count). The Morgan fingerprint density at radius 1 is 1.22 bits per heavy atom. The molecule has 0 aliphatic rings. The van der Waals surface area contributed by atoms with E-state index in [1.165, 1.54) is 0 Å². The summed E-state index contributed by atoms with van der Waals surface area (Å²) in [5.74, 6) is -1.45. The van der Waals surface area contributed by atoms with Crippen LogP contribution in [-0.2, 0) is 30.7 Å². The SMILES string of the molecule is CC(=O)C(F)C(C)=O.[Pt]. The fraction of sp³-hybridized carbons (Fsp3) is 0.600. The number of Topliss-reactive ketones (excluding diaryl/α,β-unsaturated/α-hetero) is 2. The molecule has 0 saturated carbocycles. The second-order valence-electron chi connectivity index (χ2n) is 1.58. The molecule has 0 saturated heterocycles. The van der Waals surface area contributed by atoms with E-state index in [0.717, 1.165) is 13.8 Å². The van der Waals surface area contributed by atoms with Crippen LogP contribution in [-0.4, -0.2) is 17.7 Å². The number of carbonyl (C=O) groups is 2. The summed E-state index contributed by atoms with van der Waals surface area (Å²) in [5.41, 5.74) is 0. The number of halogens is 1. The van der Waals surface area contributed by atoms with E-state index in [1.54, 1.807) is 0 Å². The van der Waals surface area contributed by atoms with Gasteiger partial charge in [0.05, 0.1) is 0 Å². The molecule has 0 amide bonds. The molecule has 0 aromatic carbocycles. The van der Waals surface area contributed by atoms with E-state index in [2.05, 4.69) is 0 Å². The van der Waals surface area contributed by atoms with Crippen LogP contribution in [0.2, 0.25) is 0 Å². The van der Waals surface area contributed by atoms with Crippen molar-refractivity contribution in [3.05, 3.63) is 0 Å². The van der Waals surface area contributed by atoms with Gasteiger partial charge in [-0.05, 0) is 13.8 Å². The number of rotatable bonds is 2. The molecule has 0 aromatic heterocycles. The molecular weight excluding hydrogens is 306 g/mol. The second kappa shape index (κ2) is 4.80. The number of hydrogen-bond acceptors (Lipinski definition) is 2. The zero-order valence-corrected chi connectivity index (χ0v) is 7.36. The van der Waals surface area contributed by atoms with Gasteiger partial charge in [0, 0.05) is 21.1 Å². The molecule has 0 heterocycles. The third kappa shape index (κ3) is 4.46. The van der Waals surface area contributed by atoms with Crippen LogP contribution in [0, 0.1) is 0 Å². The minimum atomic E-state index is -1.91. The molecule has 0 radical (unpaired) electrons. The number of alkyl halides is 1. The van der Waals surface area contributed by atoms with Gasteiger partial charge in [-0.15, -0.1) is 0 Å². The topological polar surface area (TPSA) is 34.1 Å². The third-order valence-corrected chi connectivity index (χ3v) is 0.714. The Morgan fingerprint density at radius 3 is 1.44 bits per heavy atom. The monoisotopic (exact) mass is 313 g/mol. The van der Waals surface area contributed by atoms with Crippen molar-refractivity contribution in [3.63, 3.8) is 0 Å². The van der Waals surface area contributed by atoms with E-state index in [9.17, 15) is 14.0 Å². The van der Waals surface area contributed by atoms with Gasteiger partial charge in [0.2, 0.25) is 6.17 Å². The maximum Gasteiger partial charge on any atom is 0.215 e. The van der Waals surface area contributed by atoms with Crippen LogP contribution >= 0.6 is 0 Å². The molecule has 0 fully saturated rings. The summed E-state index contributed by atoms with van der Waals surface area (Å²) in [5, 5.41) is 0. The van der Waals surface area contributed by atoms with Gasteiger partial charge in [0.1, 0.15) is 0 Å². The van der Waals surface area contributed by atoms with Crippen molar-refractivity contribution >= 4 is 11.6 Å². The maximum absolute atomic E-state index is 11.9. The molecule has 0 atom stereocenters. The molecule has 2 nitrogen and oxygen atoms in total. The second-order valence-corrected chi connectivity index (χ2v) is 1.58. The normalized spacial score (nSPS) is 8.44. The van der Waals surface area contributed by atoms with Crippen molar-refractivity contribution in [3.8, 4) is 0 Å². The molecule has 9 heavy (non-hydrogen) atoms. The van der Waals surface area contributed by atoms with Gasteiger partial charge in [-0.3, -0.25) is 9.59 Å². The fourth-order valence-corrected chi connectivity index (χ4v) is 0.286. The van der Waals surface area contributed by atoms with Gasteiger partial charge in [0.15, 0.2) is 11.6 Å². The Balaban J connectivity index is 0. The Bertz CT molecular complexity index is 110.